The van der Waals surface area contributed by atoms with Gasteiger partial charge in [0.2, 0.25) is 5.78 Å². The molecule has 0 spiro atoms. The minimum atomic E-state index is -0.779. The lowest BCUT2D eigenvalue weighted by atomic mass is 9.76. The molecule has 3 heteroatoms. The van der Waals surface area contributed by atoms with Gasteiger partial charge in [-0.15, -0.1) is 0 Å². The summed E-state index contributed by atoms with van der Waals surface area (Å²) < 4.78 is 0. The molecule has 0 radical (unpaired) electrons. The van der Waals surface area contributed by atoms with Gasteiger partial charge in [-0.2, -0.15) is 0 Å². The van der Waals surface area contributed by atoms with E-state index in [1.165, 1.54) is 4.90 Å². The lowest BCUT2D eigenvalue weighted by molar-refractivity contribution is -0.139. The SMILES string of the molecule is CC1(C)C(=O)C(=O)N(c2ccccc2)c2ccccc21. The average molecular weight is 265 g/mol. The predicted octanol–water partition coefficient (Wildman–Crippen LogP) is 3.21. The molecule has 0 bridgehead atoms. The van der Waals surface area contributed by atoms with E-state index in [4.69, 9.17) is 0 Å². The standard InChI is InChI=1S/C17H15NO2/c1-17(2)13-10-6-7-11-14(13)18(16(20)15(17)19)12-8-4-3-5-9-12/h3-11H,1-2H3. The summed E-state index contributed by atoms with van der Waals surface area (Å²) in [6.45, 7) is 3.60. The van der Waals surface area contributed by atoms with Crippen molar-refractivity contribution < 1.29 is 9.59 Å². The number of fused-ring (bicyclic) bond motifs is 1. The first kappa shape index (κ1) is 12.6. The monoisotopic (exact) mass is 265 g/mol. The Bertz CT molecular complexity index is 689. The molecule has 0 N–H and O–H groups in total. The second kappa shape index (κ2) is 4.30. The highest BCUT2D eigenvalue weighted by molar-refractivity contribution is 6.47. The summed E-state index contributed by atoms with van der Waals surface area (Å²) in [4.78, 5) is 26.4. The van der Waals surface area contributed by atoms with Gasteiger partial charge in [-0.1, -0.05) is 36.4 Å². The smallest absolute Gasteiger partial charge is 0.288 e. The van der Waals surface area contributed by atoms with Gasteiger partial charge in [-0.3, -0.25) is 14.5 Å². The molecule has 3 rings (SSSR count). The van der Waals surface area contributed by atoms with Gasteiger partial charge < -0.3 is 0 Å². The molecule has 1 aliphatic rings. The van der Waals surface area contributed by atoms with Crippen molar-refractivity contribution in [1.29, 1.82) is 0 Å². The average Bonchev–Trinajstić information content (AvgIpc) is 2.47. The molecule has 1 amide bonds. The lowest BCUT2D eigenvalue weighted by Crippen LogP contribution is -2.48. The fourth-order valence-electron chi connectivity index (χ4n) is 2.63. The second-order valence-electron chi connectivity index (χ2n) is 5.45. The van der Waals surface area contributed by atoms with E-state index in [-0.39, 0.29) is 5.78 Å². The number of Topliss-reactive ketones (excluding diaryl/α,β-unsaturated/α-hetero) is 1. The number of carbonyl (C=O) groups excluding carboxylic acids is 2. The molecule has 0 saturated carbocycles. The van der Waals surface area contributed by atoms with Crippen LogP contribution in [0, 0.1) is 0 Å². The van der Waals surface area contributed by atoms with E-state index in [9.17, 15) is 9.59 Å². The van der Waals surface area contributed by atoms with Gasteiger partial charge in [0.25, 0.3) is 5.91 Å². The van der Waals surface area contributed by atoms with Crippen molar-refractivity contribution in [2.75, 3.05) is 4.90 Å². The minimum absolute atomic E-state index is 0.375. The van der Waals surface area contributed by atoms with Crippen molar-refractivity contribution in [2.24, 2.45) is 0 Å². The molecule has 0 aromatic heterocycles. The highest BCUT2D eigenvalue weighted by atomic mass is 16.2. The summed E-state index contributed by atoms with van der Waals surface area (Å²) in [6.07, 6.45) is 0. The van der Waals surface area contributed by atoms with Crippen molar-refractivity contribution in [3.63, 3.8) is 0 Å². The van der Waals surface area contributed by atoms with Crippen LogP contribution in [0.2, 0.25) is 0 Å². The Balaban J connectivity index is 2.26. The molecular formula is C17H15NO2. The van der Waals surface area contributed by atoms with Crippen LogP contribution in [0.15, 0.2) is 54.6 Å². The third-order valence-electron chi connectivity index (χ3n) is 3.80. The molecule has 1 aliphatic heterocycles. The van der Waals surface area contributed by atoms with E-state index in [2.05, 4.69) is 0 Å². The van der Waals surface area contributed by atoms with Crippen LogP contribution in [0.25, 0.3) is 0 Å². The van der Waals surface area contributed by atoms with Gasteiger partial charge >= 0.3 is 0 Å². The Kier molecular flexibility index (Phi) is 2.71. The number of hydrogen-bond donors (Lipinski definition) is 0. The first-order valence-electron chi connectivity index (χ1n) is 6.57. The topological polar surface area (TPSA) is 37.4 Å². The first-order chi connectivity index (χ1) is 9.53. The molecule has 1 heterocycles. The Labute approximate surface area is 117 Å². The third-order valence-corrected chi connectivity index (χ3v) is 3.80. The van der Waals surface area contributed by atoms with Crippen molar-refractivity contribution in [2.45, 2.75) is 19.3 Å². The maximum Gasteiger partial charge on any atom is 0.299 e. The van der Waals surface area contributed by atoms with Crippen LogP contribution < -0.4 is 4.90 Å². The molecule has 0 fully saturated rings. The van der Waals surface area contributed by atoms with E-state index in [1.54, 1.807) is 13.8 Å². The van der Waals surface area contributed by atoms with Crippen LogP contribution in [-0.4, -0.2) is 11.7 Å². The van der Waals surface area contributed by atoms with Crippen LogP contribution >= 0.6 is 0 Å². The van der Waals surface area contributed by atoms with Crippen molar-refractivity contribution >= 4 is 23.1 Å². The van der Waals surface area contributed by atoms with Crippen molar-refractivity contribution in [3.8, 4) is 0 Å². The summed E-state index contributed by atoms with van der Waals surface area (Å²) in [7, 11) is 0. The number of anilines is 2. The zero-order valence-corrected chi connectivity index (χ0v) is 11.5. The number of rotatable bonds is 1. The van der Waals surface area contributed by atoms with Gasteiger partial charge in [-0.25, -0.2) is 0 Å². The van der Waals surface area contributed by atoms with Gasteiger partial charge in [0.05, 0.1) is 11.1 Å². The third kappa shape index (κ3) is 1.67. The first-order valence-corrected chi connectivity index (χ1v) is 6.57. The molecule has 100 valence electrons. The van der Waals surface area contributed by atoms with Crippen molar-refractivity contribution in [1.82, 2.24) is 0 Å². The number of hydrogen-bond acceptors (Lipinski definition) is 2. The van der Waals surface area contributed by atoms with Gasteiger partial charge in [0.15, 0.2) is 0 Å². The zero-order chi connectivity index (χ0) is 14.3. The Hall–Kier alpha value is -2.42. The van der Waals surface area contributed by atoms with E-state index < -0.39 is 11.3 Å². The summed E-state index contributed by atoms with van der Waals surface area (Å²) in [5, 5.41) is 0. The number of benzene rings is 2. The second-order valence-corrected chi connectivity index (χ2v) is 5.45. The molecule has 2 aromatic rings. The molecular weight excluding hydrogens is 250 g/mol. The molecule has 20 heavy (non-hydrogen) atoms. The quantitative estimate of drug-likeness (QED) is 0.742. The summed E-state index contributed by atoms with van der Waals surface area (Å²) in [5.74, 6) is -0.847. The molecule has 0 atom stereocenters. The van der Waals surface area contributed by atoms with Gasteiger partial charge in [-0.05, 0) is 37.6 Å². The fourth-order valence-corrected chi connectivity index (χ4v) is 2.63. The number of para-hydroxylation sites is 2. The van der Waals surface area contributed by atoms with E-state index in [1.807, 2.05) is 54.6 Å². The normalized spacial score (nSPS) is 17.0. The van der Waals surface area contributed by atoms with E-state index in [0.29, 0.717) is 5.69 Å². The van der Waals surface area contributed by atoms with E-state index in [0.717, 1.165) is 11.3 Å². The van der Waals surface area contributed by atoms with Crippen LogP contribution in [0.5, 0.6) is 0 Å². The fraction of sp³-hybridized carbons (Fsp3) is 0.176. The minimum Gasteiger partial charge on any atom is -0.288 e. The molecule has 0 saturated heterocycles. The Morgan fingerprint density at radius 1 is 0.850 bits per heavy atom. The van der Waals surface area contributed by atoms with Gasteiger partial charge in [0.1, 0.15) is 0 Å². The van der Waals surface area contributed by atoms with E-state index >= 15 is 0 Å². The maximum atomic E-state index is 12.5. The summed E-state index contributed by atoms with van der Waals surface area (Å²) >= 11 is 0. The molecule has 3 nitrogen and oxygen atoms in total. The van der Waals surface area contributed by atoms with Crippen LogP contribution in [0.4, 0.5) is 11.4 Å². The highest BCUT2D eigenvalue weighted by Gasteiger charge is 2.44. The molecule has 0 unspecified atom stereocenters. The van der Waals surface area contributed by atoms with Crippen LogP contribution in [0.1, 0.15) is 19.4 Å². The maximum absolute atomic E-state index is 12.5. The number of ketones is 1. The Morgan fingerprint density at radius 2 is 1.45 bits per heavy atom. The zero-order valence-electron chi connectivity index (χ0n) is 11.5. The summed E-state index contributed by atoms with van der Waals surface area (Å²) in [6, 6.07) is 16.8. The highest BCUT2D eigenvalue weighted by Crippen LogP contribution is 2.41. The predicted molar refractivity (Wildman–Crippen MR) is 78.1 cm³/mol. The largest absolute Gasteiger partial charge is 0.299 e. The van der Waals surface area contributed by atoms with Gasteiger partial charge in [0, 0.05) is 5.69 Å². The number of nitrogens with zero attached hydrogens (tertiary/aromatic N) is 1. The van der Waals surface area contributed by atoms with Crippen LogP contribution in [-0.2, 0) is 15.0 Å². The number of amides is 1. The van der Waals surface area contributed by atoms with Crippen molar-refractivity contribution in [3.05, 3.63) is 60.2 Å². The molecule has 0 aliphatic carbocycles. The number of carbonyl (C=O) groups is 2. The van der Waals surface area contributed by atoms with Crippen LogP contribution in [0.3, 0.4) is 0 Å². The molecule has 2 aromatic carbocycles. The summed E-state index contributed by atoms with van der Waals surface area (Å²) in [5.41, 5.74) is 1.61. The Morgan fingerprint density at radius 3 is 2.15 bits per heavy atom. The lowest BCUT2D eigenvalue weighted by Gasteiger charge is -2.37.